The average Bonchev–Trinajstić information content (AvgIpc) is 2.94. The number of hydrogen-bond acceptors (Lipinski definition) is 4. The molecule has 1 aliphatic rings. The lowest BCUT2D eigenvalue weighted by Gasteiger charge is -2.23. The molecule has 0 amide bonds. The molecule has 3 unspecified atom stereocenters. The Hall–Kier alpha value is -0.0600. The molecule has 0 aliphatic heterocycles. The molecule has 1 aliphatic carbocycles. The lowest BCUT2D eigenvalue weighted by atomic mass is 9.98. The smallest absolute Gasteiger partial charge is 0.0985 e. The van der Waals surface area contributed by atoms with E-state index in [1.807, 2.05) is 23.1 Å². The molecule has 0 bridgehead atoms. The molecule has 0 spiro atoms. The van der Waals surface area contributed by atoms with E-state index >= 15 is 0 Å². The largest absolute Gasteiger partial charge is 0.306 e. The van der Waals surface area contributed by atoms with Crippen LogP contribution in [0.2, 0.25) is 0 Å². The van der Waals surface area contributed by atoms with Crippen LogP contribution < -0.4 is 5.32 Å². The minimum Gasteiger partial charge on any atom is -0.306 e. The van der Waals surface area contributed by atoms with Crippen molar-refractivity contribution < 1.29 is 0 Å². The summed E-state index contributed by atoms with van der Waals surface area (Å²) in [6.45, 7) is 11.2. The second-order valence-electron chi connectivity index (χ2n) is 6.92. The molecule has 114 valence electrons. The fourth-order valence-corrected chi connectivity index (χ4v) is 5.01. The van der Waals surface area contributed by atoms with Crippen molar-refractivity contribution in [3.8, 4) is 0 Å². The standard InChI is InChI=1S/C16H28N2S2/c1-10(17-12-8-7-9-13(12)19-6)14-11(2)18-15(20-14)16(3,4)5/h10,12-13,17H,7-9H2,1-6H3. The van der Waals surface area contributed by atoms with Gasteiger partial charge in [0.1, 0.15) is 0 Å². The van der Waals surface area contributed by atoms with Gasteiger partial charge in [0.25, 0.3) is 0 Å². The highest BCUT2D eigenvalue weighted by atomic mass is 32.2. The maximum atomic E-state index is 4.79. The van der Waals surface area contributed by atoms with Crippen LogP contribution in [0.15, 0.2) is 0 Å². The van der Waals surface area contributed by atoms with Gasteiger partial charge >= 0.3 is 0 Å². The maximum Gasteiger partial charge on any atom is 0.0985 e. The fourth-order valence-electron chi connectivity index (χ4n) is 2.93. The molecule has 1 aromatic heterocycles. The number of thiazole rings is 1. The predicted molar refractivity (Wildman–Crippen MR) is 92.0 cm³/mol. The number of aromatic nitrogens is 1. The zero-order chi connectivity index (χ0) is 14.9. The van der Waals surface area contributed by atoms with E-state index in [1.54, 1.807) is 0 Å². The van der Waals surface area contributed by atoms with E-state index < -0.39 is 0 Å². The summed E-state index contributed by atoms with van der Waals surface area (Å²) in [5.41, 5.74) is 1.36. The van der Waals surface area contributed by atoms with Gasteiger partial charge in [-0.2, -0.15) is 11.8 Å². The van der Waals surface area contributed by atoms with Gasteiger partial charge in [-0.3, -0.25) is 0 Å². The van der Waals surface area contributed by atoms with Crippen LogP contribution in [0, 0.1) is 6.92 Å². The molecule has 3 atom stereocenters. The number of thioether (sulfide) groups is 1. The Balaban J connectivity index is 2.09. The molecular weight excluding hydrogens is 284 g/mol. The summed E-state index contributed by atoms with van der Waals surface area (Å²) >= 11 is 3.90. The van der Waals surface area contributed by atoms with Gasteiger partial charge in [0.15, 0.2) is 0 Å². The lowest BCUT2D eigenvalue weighted by molar-refractivity contribution is 0.470. The Bertz CT molecular complexity index is 448. The van der Waals surface area contributed by atoms with E-state index in [0.29, 0.717) is 12.1 Å². The normalized spacial score (nSPS) is 25.1. The highest BCUT2D eigenvalue weighted by Gasteiger charge is 2.29. The Morgan fingerprint density at radius 3 is 2.60 bits per heavy atom. The third-order valence-corrected chi connectivity index (χ3v) is 7.02. The van der Waals surface area contributed by atoms with E-state index in [9.17, 15) is 0 Å². The quantitative estimate of drug-likeness (QED) is 0.873. The zero-order valence-corrected chi connectivity index (χ0v) is 15.3. The predicted octanol–water partition coefficient (Wildman–Crippen LogP) is 4.68. The van der Waals surface area contributed by atoms with Gasteiger partial charge in [-0.1, -0.05) is 27.2 Å². The highest BCUT2D eigenvalue weighted by Crippen LogP contribution is 2.35. The Labute approximate surface area is 132 Å². The summed E-state index contributed by atoms with van der Waals surface area (Å²) in [6.07, 6.45) is 6.29. The van der Waals surface area contributed by atoms with Crippen LogP contribution in [-0.2, 0) is 5.41 Å². The number of aryl methyl sites for hydroxylation is 1. The van der Waals surface area contributed by atoms with Crippen molar-refractivity contribution in [2.75, 3.05) is 6.26 Å². The van der Waals surface area contributed by atoms with Crippen LogP contribution in [0.5, 0.6) is 0 Å². The summed E-state index contributed by atoms with van der Waals surface area (Å²) in [7, 11) is 0. The molecule has 20 heavy (non-hydrogen) atoms. The summed E-state index contributed by atoms with van der Waals surface area (Å²) < 4.78 is 0. The Morgan fingerprint density at radius 1 is 1.35 bits per heavy atom. The molecule has 1 heterocycles. The van der Waals surface area contributed by atoms with Gasteiger partial charge in [0.05, 0.1) is 10.7 Å². The number of nitrogens with one attached hydrogen (secondary N) is 1. The molecular formula is C16H28N2S2. The van der Waals surface area contributed by atoms with Crippen LogP contribution >= 0.6 is 23.1 Å². The Morgan fingerprint density at radius 2 is 2.05 bits per heavy atom. The van der Waals surface area contributed by atoms with Gasteiger partial charge in [-0.15, -0.1) is 11.3 Å². The van der Waals surface area contributed by atoms with Crippen molar-refractivity contribution in [2.45, 2.75) is 76.6 Å². The summed E-state index contributed by atoms with van der Waals surface area (Å²) in [5.74, 6) is 0. The summed E-state index contributed by atoms with van der Waals surface area (Å²) in [4.78, 5) is 6.21. The summed E-state index contributed by atoms with van der Waals surface area (Å²) in [6, 6.07) is 1.08. The van der Waals surface area contributed by atoms with Crippen LogP contribution in [-0.4, -0.2) is 22.5 Å². The van der Waals surface area contributed by atoms with Crippen LogP contribution in [0.3, 0.4) is 0 Å². The van der Waals surface area contributed by atoms with Gasteiger partial charge in [0.2, 0.25) is 0 Å². The van der Waals surface area contributed by atoms with Crippen LogP contribution in [0.25, 0.3) is 0 Å². The first-order valence-electron chi connectivity index (χ1n) is 7.59. The number of rotatable bonds is 4. The van der Waals surface area contributed by atoms with Crippen molar-refractivity contribution in [3.63, 3.8) is 0 Å². The molecule has 0 aromatic carbocycles. The first-order valence-corrected chi connectivity index (χ1v) is 9.70. The van der Waals surface area contributed by atoms with E-state index in [0.717, 1.165) is 5.25 Å². The third kappa shape index (κ3) is 3.58. The third-order valence-electron chi connectivity index (χ3n) is 4.09. The SMILES string of the molecule is CSC1CCCC1NC(C)c1sc(C(C)(C)C)nc1C. The molecule has 4 heteroatoms. The first-order chi connectivity index (χ1) is 9.32. The topological polar surface area (TPSA) is 24.9 Å². The van der Waals surface area contributed by atoms with E-state index in [-0.39, 0.29) is 5.41 Å². The number of hydrogen-bond donors (Lipinski definition) is 1. The van der Waals surface area contributed by atoms with E-state index in [4.69, 9.17) is 4.98 Å². The second-order valence-corrected chi connectivity index (χ2v) is 9.03. The monoisotopic (exact) mass is 312 g/mol. The van der Waals surface area contributed by atoms with Gasteiger partial charge in [-0.25, -0.2) is 4.98 Å². The molecule has 1 fully saturated rings. The minimum atomic E-state index is 0.155. The fraction of sp³-hybridized carbons (Fsp3) is 0.812. The molecule has 1 saturated carbocycles. The maximum absolute atomic E-state index is 4.79. The van der Waals surface area contributed by atoms with Crippen molar-refractivity contribution >= 4 is 23.1 Å². The van der Waals surface area contributed by atoms with E-state index in [1.165, 1.54) is 34.8 Å². The average molecular weight is 313 g/mol. The van der Waals surface area contributed by atoms with Gasteiger partial charge < -0.3 is 5.32 Å². The molecule has 0 saturated heterocycles. The number of nitrogens with zero attached hydrogens (tertiary/aromatic N) is 1. The zero-order valence-electron chi connectivity index (χ0n) is 13.6. The first kappa shape index (κ1) is 16.3. The van der Waals surface area contributed by atoms with Gasteiger partial charge in [0, 0.05) is 27.6 Å². The van der Waals surface area contributed by atoms with Crippen LogP contribution in [0.4, 0.5) is 0 Å². The van der Waals surface area contributed by atoms with Crippen molar-refractivity contribution in [2.24, 2.45) is 0 Å². The van der Waals surface area contributed by atoms with Crippen molar-refractivity contribution in [1.82, 2.24) is 10.3 Å². The summed E-state index contributed by atoms with van der Waals surface area (Å²) in [5, 5.41) is 5.89. The molecule has 1 N–H and O–H groups in total. The van der Waals surface area contributed by atoms with E-state index in [2.05, 4.69) is 46.2 Å². The molecule has 2 rings (SSSR count). The second kappa shape index (κ2) is 6.37. The highest BCUT2D eigenvalue weighted by molar-refractivity contribution is 7.99. The van der Waals surface area contributed by atoms with Crippen molar-refractivity contribution in [3.05, 3.63) is 15.6 Å². The van der Waals surface area contributed by atoms with Gasteiger partial charge in [-0.05, 0) is 32.9 Å². The molecule has 2 nitrogen and oxygen atoms in total. The lowest BCUT2D eigenvalue weighted by Crippen LogP contribution is -2.35. The Kier molecular flexibility index (Phi) is 5.19. The molecule has 0 radical (unpaired) electrons. The van der Waals surface area contributed by atoms with Crippen molar-refractivity contribution in [1.29, 1.82) is 0 Å². The van der Waals surface area contributed by atoms with Crippen LogP contribution in [0.1, 0.15) is 68.6 Å². The minimum absolute atomic E-state index is 0.155. The molecule has 1 aromatic rings.